The molecule has 3 N–H and O–H groups in total. The van der Waals surface area contributed by atoms with Gasteiger partial charge in [0.2, 0.25) is 5.91 Å². The summed E-state index contributed by atoms with van der Waals surface area (Å²) in [7, 11) is 0. The van der Waals surface area contributed by atoms with Crippen LogP contribution < -0.4 is 16.0 Å². The molecule has 1 atom stereocenters. The highest BCUT2D eigenvalue weighted by molar-refractivity contribution is 5.83. The molecule has 0 saturated carbocycles. The van der Waals surface area contributed by atoms with Crippen molar-refractivity contribution in [1.29, 1.82) is 0 Å². The van der Waals surface area contributed by atoms with Crippen LogP contribution in [0.1, 0.15) is 47.6 Å². The predicted molar refractivity (Wildman–Crippen MR) is 118 cm³/mol. The second-order valence-corrected chi connectivity index (χ2v) is 8.13. The summed E-state index contributed by atoms with van der Waals surface area (Å²) in [6.45, 7) is 7.87. The number of carbonyl (C=O) groups is 1. The minimum Gasteiger partial charge on any atom is -0.354 e. The van der Waals surface area contributed by atoms with Crippen molar-refractivity contribution in [2.75, 3.05) is 26.2 Å². The molecule has 1 aromatic carbocycles. The fourth-order valence-electron chi connectivity index (χ4n) is 4.00. The van der Waals surface area contributed by atoms with Crippen LogP contribution in [0.25, 0.3) is 0 Å². The molecule has 156 valence electrons. The van der Waals surface area contributed by atoms with Crippen molar-refractivity contribution < 1.29 is 4.79 Å². The third kappa shape index (κ3) is 6.65. The Labute approximate surface area is 174 Å². The van der Waals surface area contributed by atoms with Gasteiger partial charge in [-0.25, -0.2) is 0 Å². The van der Waals surface area contributed by atoms with Crippen molar-refractivity contribution in [3.63, 3.8) is 0 Å². The molecule has 29 heavy (non-hydrogen) atoms. The zero-order valence-electron chi connectivity index (χ0n) is 17.7. The number of amides is 1. The van der Waals surface area contributed by atoms with E-state index in [1.807, 2.05) is 12.1 Å². The van der Waals surface area contributed by atoms with Crippen molar-refractivity contribution >= 4 is 5.91 Å². The summed E-state index contributed by atoms with van der Waals surface area (Å²) in [5.74, 6) is 0.802. The molecule has 2 aromatic rings. The minimum atomic E-state index is -0.311. The number of nitrogens with one attached hydrogen (secondary N) is 3. The average molecular weight is 395 g/mol. The second-order valence-electron chi connectivity index (χ2n) is 8.13. The van der Waals surface area contributed by atoms with E-state index in [1.54, 1.807) is 12.4 Å². The van der Waals surface area contributed by atoms with E-state index in [9.17, 15) is 4.79 Å². The van der Waals surface area contributed by atoms with Gasteiger partial charge in [-0.1, -0.05) is 23.8 Å². The smallest absolute Gasteiger partial charge is 0.241 e. The van der Waals surface area contributed by atoms with Gasteiger partial charge in [-0.3, -0.25) is 9.78 Å². The summed E-state index contributed by atoms with van der Waals surface area (Å²) < 4.78 is 0. The number of rotatable bonds is 9. The van der Waals surface area contributed by atoms with E-state index in [1.165, 1.54) is 24.0 Å². The van der Waals surface area contributed by atoms with Crippen molar-refractivity contribution in [1.82, 2.24) is 20.9 Å². The lowest BCUT2D eigenvalue weighted by Crippen LogP contribution is -2.40. The molecule has 1 fully saturated rings. The largest absolute Gasteiger partial charge is 0.354 e. The molecule has 3 rings (SSSR count). The first kappa shape index (κ1) is 21.5. The van der Waals surface area contributed by atoms with Crippen LogP contribution in [-0.2, 0) is 11.2 Å². The minimum absolute atomic E-state index is 0.0538. The number of piperidine rings is 1. The van der Waals surface area contributed by atoms with Gasteiger partial charge in [0.25, 0.3) is 0 Å². The van der Waals surface area contributed by atoms with Gasteiger partial charge < -0.3 is 16.0 Å². The third-order valence-electron chi connectivity index (χ3n) is 5.83. The average Bonchev–Trinajstić information content (AvgIpc) is 2.75. The van der Waals surface area contributed by atoms with E-state index in [0.29, 0.717) is 6.54 Å². The maximum atomic E-state index is 13.1. The van der Waals surface area contributed by atoms with Crippen molar-refractivity contribution in [3.05, 3.63) is 65.0 Å². The number of benzene rings is 1. The molecular formula is C24H34N4O. The number of carbonyl (C=O) groups excluding carboxylic acids is 1. The number of aryl methyl sites for hydroxylation is 2. The summed E-state index contributed by atoms with van der Waals surface area (Å²) in [6, 6.07) is 10.0. The third-order valence-corrected chi connectivity index (χ3v) is 5.83. The van der Waals surface area contributed by atoms with Gasteiger partial charge >= 0.3 is 0 Å². The van der Waals surface area contributed by atoms with Crippen LogP contribution in [0.3, 0.4) is 0 Å². The van der Waals surface area contributed by atoms with Gasteiger partial charge in [0.15, 0.2) is 0 Å². The highest BCUT2D eigenvalue weighted by Gasteiger charge is 2.22. The van der Waals surface area contributed by atoms with Gasteiger partial charge in [0, 0.05) is 18.9 Å². The molecule has 1 aromatic heterocycles. The Morgan fingerprint density at radius 1 is 1.14 bits per heavy atom. The molecular weight excluding hydrogens is 360 g/mol. The maximum Gasteiger partial charge on any atom is 0.241 e. The molecule has 1 aliphatic rings. The lowest BCUT2D eigenvalue weighted by molar-refractivity contribution is -0.123. The lowest BCUT2D eigenvalue weighted by atomic mass is 9.94. The Morgan fingerprint density at radius 2 is 1.90 bits per heavy atom. The Balaban J connectivity index is 1.61. The van der Waals surface area contributed by atoms with E-state index >= 15 is 0 Å². The SMILES string of the molecule is Cc1ccc(C)c(C(NCCC2CCNCC2)C(=O)NCCc2ccncc2)c1. The van der Waals surface area contributed by atoms with E-state index < -0.39 is 0 Å². The first-order valence-corrected chi connectivity index (χ1v) is 10.8. The van der Waals surface area contributed by atoms with E-state index in [0.717, 1.165) is 49.5 Å². The Morgan fingerprint density at radius 3 is 2.66 bits per heavy atom. The summed E-state index contributed by atoms with van der Waals surface area (Å²) in [6.07, 6.45) is 7.97. The lowest BCUT2D eigenvalue weighted by Gasteiger charge is -2.25. The fourth-order valence-corrected chi connectivity index (χ4v) is 4.00. The molecule has 0 aliphatic carbocycles. The van der Waals surface area contributed by atoms with Gasteiger partial charge in [-0.2, -0.15) is 0 Å². The summed E-state index contributed by atoms with van der Waals surface area (Å²) in [4.78, 5) is 17.1. The fraction of sp³-hybridized carbons (Fsp3) is 0.500. The van der Waals surface area contributed by atoms with Crippen LogP contribution in [0.5, 0.6) is 0 Å². The number of nitrogens with zero attached hydrogens (tertiary/aromatic N) is 1. The van der Waals surface area contributed by atoms with Gasteiger partial charge in [0.05, 0.1) is 0 Å². The molecule has 0 radical (unpaired) electrons. The summed E-state index contributed by atoms with van der Waals surface area (Å²) in [5.41, 5.74) is 4.60. The highest BCUT2D eigenvalue weighted by Crippen LogP contribution is 2.21. The number of pyridine rings is 1. The van der Waals surface area contributed by atoms with Crippen LogP contribution in [-0.4, -0.2) is 37.1 Å². The molecule has 0 spiro atoms. The molecule has 1 aliphatic heterocycles. The number of hydrogen-bond donors (Lipinski definition) is 3. The van der Waals surface area contributed by atoms with E-state index in [-0.39, 0.29) is 11.9 Å². The predicted octanol–water partition coefficient (Wildman–Crippen LogP) is 3.08. The maximum absolute atomic E-state index is 13.1. The number of hydrogen-bond acceptors (Lipinski definition) is 4. The van der Waals surface area contributed by atoms with Gasteiger partial charge in [-0.05, 0) is 93.9 Å². The second kappa shape index (κ2) is 11.1. The van der Waals surface area contributed by atoms with Crippen LogP contribution >= 0.6 is 0 Å². The van der Waals surface area contributed by atoms with Crippen molar-refractivity contribution in [2.45, 2.75) is 45.6 Å². The normalized spacial score (nSPS) is 15.8. The standard InChI is InChI=1S/C24H34N4O/c1-18-3-4-19(2)22(17-18)23(27-15-9-20-5-11-25-12-6-20)24(29)28-16-10-21-7-13-26-14-8-21/h3-4,7-8,13-14,17,20,23,25,27H,5-6,9-12,15-16H2,1-2H3,(H,28,29). The molecule has 1 unspecified atom stereocenters. The molecule has 1 amide bonds. The zero-order valence-corrected chi connectivity index (χ0v) is 17.7. The van der Waals surface area contributed by atoms with Gasteiger partial charge in [-0.15, -0.1) is 0 Å². The van der Waals surface area contributed by atoms with Crippen LogP contribution in [0, 0.1) is 19.8 Å². The molecule has 0 bridgehead atoms. The quantitative estimate of drug-likeness (QED) is 0.612. The Kier molecular flexibility index (Phi) is 8.20. The van der Waals surface area contributed by atoms with Gasteiger partial charge in [0.1, 0.15) is 6.04 Å². The highest BCUT2D eigenvalue weighted by atomic mass is 16.2. The van der Waals surface area contributed by atoms with Crippen LogP contribution in [0.2, 0.25) is 0 Å². The van der Waals surface area contributed by atoms with Crippen LogP contribution in [0.4, 0.5) is 0 Å². The summed E-state index contributed by atoms with van der Waals surface area (Å²) >= 11 is 0. The molecule has 5 heteroatoms. The monoisotopic (exact) mass is 394 g/mol. The van der Waals surface area contributed by atoms with Crippen LogP contribution in [0.15, 0.2) is 42.7 Å². The van der Waals surface area contributed by atoms with E-state index in [2.05, 4.69) is 53.0 Å². The number of aromatic nitrogens is 1. The molecule has 5 nitrogen and oxygen atoms in total. The first-order valence-electron chi connectivity index (χ1n) is 10.8. The Hall–Kier alpha value is -2.24. The first-order chi connectivity index (χ1) is 14.1. The van der Waals surface area contributed by atoms with Crippen molar-refractivity contribution in [3.8, 4) is 0 Å². The Bertz CT molecular complexity index is 772. The molecule has 1 saturated heterocycles. The summed E-state index contributed by atoms with van der Waals surface area (Å²) in [5, 5.41) is 10.1. The van der Waals surface area contributed by atoms with Crippen molar-refractivity contribution in [2.24, 2.45) is 5.92 Å². The topological polar surface area (TPSA) is 66.0 Å². The zero-order chi connectivity index (χ0) is 20.5. The molecule has 2 heterocycles. The van der Waals surface area contributed by atoms with E-state index in [4.69, 9.17) is 0 Å².